The number of carbonyl (C=O) groups is 2. The second-order valence-electron chi connectivity index (χ2n) is 1.79. The molecule has 2 unspecified atom stereocenters. The van der Waals surface area contributed by atoms with Gasteiger partial charge in [-0.05, 0) is 0 Å². The van der Waals surface area contributed by atoms with Gasteiger partial charge in [0.25, 0.3) is 0 Å². The Labute approximate surface area is 52.8 Å². The lowest BCUT2D eigenvalue weighted by molar-refractivity contribution is -0.152. The lowest BCUT2D eigenvalue weighted by Crippen LogP contribution is -2.29. The summed E-state index contributed by atoms with van der Waals surface area (Å²) in [5.74, 6) is -2.46. The molecule has 2 atom stereocenters. The minimum Gasteiger partial charge on any atom is -0.392 e. The number of ether oxygens (including phenoxy) is 1. The maximum atomic E-state index is 10.3. The average Bonchev–Trinajstić information content (AvgIpc) is 1.98. The molecule has 46 valence electrons. The molecule has 0 spiro atoms. The highest BCUT2D eigenvalue weighted by Gasteiger charge is 2.37. The van der Waals surface area contributed by atoms with Gasteiger partial charge in [-0.15, -0.1) is 0 Å². The van der Waals surface area contributed by atoms with Crippen molar-refractivity contribution in [2.75, 3.05) is 0 Å². The van der Waals surface area contributed by atoms with Gasteiger partial charge in [-0.1, -0.05) is 0 Å². The Hall–Kier alpha value is -0.835. The maximum Gasteiger partial charge on any atom is 0.330 e. The van der Waals surface area contributed by atoms with E-state index in [0.29, 0.717) is 0 Å². The van der Waals surface area contributed by atoms with Crippen molar-refractivity contribution in [3.63, 3.8) is 0 Å². The van der Waals surface area contributed by atoms with Gasteiger partial charge < -0.3 is 10.5 Å². The second kappa shape index (κ2) is 1.84. The molecule has 0 aliphatic carbocycles. The van der Waals surface area contributed by atoms with Crippen LogP contribution in [0, 0.1) is 0 Å². The van der Waals surface area contributed by atoms with Crippen molar-refractivity contribution in [2.45, 2.75) is 11.9 Å². The third-order valence-electron chi connectivity index (χ3n) is 1.13. The summed E-state index contributed by atoms with van der Waals surface area (Å²) in [6.45, 7) is 0. The van der Waals surface area contributed by atoms with Crippen LogP contribution in [0.15, 0.2) is 0 Å². The second-order valence-corrected chi connectivity index (χ2v) is 1.79. The van der Waals surface area contributed by atoms with E-state index >= 15 is 0 Å². The van der Waals surface area contributed by atoms with Gasteiger partial charge in [0.2, 0.25) is 0 Å². The predicted octanol–water partition coefficient (Wildman–Crippen LogP) is -1.65. The zero-order chi connectivity index (χ0) is 7.02. The molecule has 0 bridgehead atoms. The summed E-state index contributed by atoms with van der Waals surface area (Å²) in [6, 6.07) is -0.975. The fourth-order valence-electron chi connectivity index (χ4n) is 0.528. The summed E-state index contributed by atoms with van der Waals surface area (Å²) in [5, 5.41) is 0. The van der Waals surface area contributed by atoms with Crippen LogP contribution >= 0.6 is 0 Å². The molecule has 0 saturated carbocycles. The Balaban J connectivity index is 2.77. The van der Waals surface area contributed by atoms with Gasteiger partial charge >= 0.3 is 11.9 Å². The van der Waals surface area contributed by atoms with Crippen molar-refractivity contribution in [2.24, 2.45) is 5.73 Å². The molecule has 0 aromatic carbocycles. The van der Waals surface area contributed by atoms with Crippen LogP contribution in [0.1, 0.15) is 0 Å². The normalized spacial score (nSPS) is 34.8. The largest absolute Gasteiger partial charge is 0.392 e. The number of hydrogen-bond acceptors (Lipinski definition) is 4. The Bertz CT molecular complexity index is 151. The van der Waals surface area contributed by atoms with Crippen LogP contribution in [0.5, 0.6) is 0 Å². The first-order valence-corrected chi connectivity index (χ1v) is 2.39. The summed E-state index contributed by atoms with van der Waals surface area (Å²) < 4.78 is 4.06. The Morgan fingerprint density at radius 1 is 1.44 bits per heavy atom. The quantitative estimate of drug-likeness (QED) is 0.239. The van der Waals surface area contributed by atoms with Crippen LogP contribution in [0.3, 0.4) is 0 Å². The van der Waals surface area contributed by atoms with E-state index in [1.807, 2.05) is 0 Å². The van der Waals surface area contributed by atoms with E-state index in [0.717, 1.165) is 0 Å². The average molecular weight is 125 g/mol. The van der Waals surface area contributed by atoms with Crippen molar-refractivity contribution < 1.29 is 14.3 Å². The van der Waals surface area contributed by atoms with E-state index < -0.39 is 23.8 Å². The summed E-state index contributed by atoms with van der Waals surface area (Å²) in [4.78, 5) is 20.7. The molecule has 1 rings (SSSR count). The molecule has 4 nitrogen and oxygen atoms in total. The maximum absolute atomic E-state index is 10.3. The van der Waals surface area contributed by atoms with Gasteiger partial charge in [-0.3, -0.25) is 4.79 Å². The Kier molecular flexibility index (Phi) is 1.29. The molecule has 0 aromatic rings. The topological polar surface area (TPSA) is 69.4 Å². The monoisotopic (exact) mass is 125 g/mol. The van der Waals surface area contributed by atoms with Crippen molar-refractivity contribution in [3.05, 3.63) is 0 Å². The van der Waals surface area contributed by atoms with Crippen LogP contribution in [-0.2, 0) is 14.3 Å². The molecule has 1 aliphatic rings. The van der Waals surface area contributed by atoms with Crippen LogP contribution in [0.2, 0.25) is 5.82 Å². The van der Waals surface area contributed by atoms with Gasteiger partial charge in [-0.25, -0.2) is 4.79 Å². The lowest BCUT2D eigenvalue weighted by atomic mass is 9.83. The summed E-state index contributed by atoms with van der Waals surface area (Å²) in [5.41, 5.74) is 5.09. The van der Waals surface area contributed by atoms with Crippen LogP contribution in [0.25, 0.3) is 0 Å². The van der Waals surface area contributed by atoms with Crippen molar-refractivity contribution >= 4 is 19.8 Å². The number of cyclic esters (lactones) is 2. The van der Waals surface area contributed by atoms with Gasteiger partial charge in [0.1, 0.15) is 6.04 Å². The first-order valence-electron chi connectivity index (χ1n) is 2.39. The number of hydrogen-bond donors (Lipinski definition) is 1. The van der Waals surface area contributed by atoms with E-state index in [1.54, 1.807) is 0 Å². The number of esters is 2. The Morgan fingerprint density at radius 3 is 2.11 bits per heavy atom. The smallest absolute Gasteiger partial charge is 0.330 e. The van der Waals surface area contributed by atoms with Crippen molar-refractivity contribution in [1.29, 1.82) is 0 Å². The van der Waals surface area contributed by atoms with Crippen LogP contribution in [-0.4, -0.2) is 25.8 Å². The molecule has 2 radical (unpaired) electrons. The zero-order valence-corrected chi connectivity index (χ0v) is 4.53. The first-order chi connectivity index (χ1) is 4.13. The standard InChI is InChI=1S/C4H4BNO3/c5-1-2(6)4(8)9-3(1)7/h1-2H,6H2. The van der Waals surface area contributed by atoms with Gasteiger partial charge in [0, 0.05) is 5.82 Å². The SMILES string of the molecule is [B]C1C(=O)OC(=O)C1N. The fourth-order valence-corrected chi connectivity index (χ4v) is 0.528. The van der Waals surface area contributed by atoms with Crippen LogP contribution < -0.4 is 5.73 Å². The van der Waals surface area contributed by atoms with E-state index in [4.69, 9.17) is 13.6 Å². The molecule has 0 amide bonds. The molecule has 1 heterocycles. The van der Waals surface area contributed by atoms with Crippen molar-refractivity contribution in [3.8, 4) is 0 Å². The number of nitrogens with two attached hydrogens (primary N) is 1. The summed E-state index contributed by atoms with van der Waals surface area (Å²) >= 11 is 0. The summed E-state index contributed by atoms with van der Waals surface area (Å²) in [6.07, 6.45) is 0. The minimum absolute atomic E-state index is 0.743. The van der Waals surface area contributed by atoms with E-state index in [9.17, 15) is 9.59 Å². The van der Waals surface area contributed by atoms with E-state index in [2.05, 4.69) is 4.74 Å². The molecule has 1 saturated heterocycles. The third-order valence-corrected chi connectivity index (χ3v) is 1.13. The lowest BCUT2D eigenvalue weighted by Gasteiger charge is -1.97. The van der Waals surface area contributed by atoms with E-state index in [-0.39, 0.29) is 0 Å². The minimum atomic E-state index is -0.975. The molecule has 0 aromatic heterocycles. The van der Waals surface area contributed by atoms with Crippen LogP contribution in [0.4, 0.5) is 0 Å². The van der Waals surface area contributed by atoms with Gasteiger partial charge in [0.15, 0.2) is 0 Å². The molecule has 2 N–H and O–H groups in total. The molecule has 1 aliphatic heterocycles. The zero-order valence-electron chi connectivity index (χ0n) is 4.53. The molecular formula is C4H4BNO3. The number of carbonyl (C=O) groups excluding carboxylic acids is 2. The first kappa shape index (κ1) is 6.29. The Morgan fingerprint density at radius 2 is 2.00 bits per heavy atom. The van der Waals surface area contributed by atoms with Crippen molar-refractivity contribution in [1.82, 2.24) is 0 Å². The highest BCUT2D eigenvalue weighted by atomic mass is 16.6. The van der Waals surface area contributed by atoms with Gasteiger partial charge in [0.05, 0.1) is 7.85 Å². The molecule has 1 fully saturated rings. The van der Waals surface area contributed by atoms with Gasteiger partial charge in [-0.2, -0.15) is 0 Å². The highest BCUT2D eigenvalue weighted by molar-refractivity contribution is 6.28. The highest BCUT2D eigenvalue weighted by Crippen LogP contribution is 2.15. The fraction of sp³-hybridized carbons (Fsp3) is 0.500. The third kappa shape index (κ3) is 0.831. The number of rotatable bonds is 0. The summed E-state index contributed by atoms with van der Waals surface area (Å²) in [7, 11) is 5.09. The molecule has 5 heteroatoms. The predicted molar refractivity (Wildman–Crippen MR) is 28.6 cm³/mol. The molecular weight excluding hydrogens is 121 g/mol. The van der Waals surface area contributed by atoms with E-state index in [1.165, 1.54) is 0 Å². The molecule has 9 heavy (non-hydrogen) atoms.